The number of hydrogen-bond donors (Lipinski definition) is 2. The van der Waals surface area contributed by atoms with Crippen LogP contribution in [-0.2, 0) is 13.1 Å². The van der Waals surface area contributed by atoms with E-state index in [9.17, 15) is 9.59 Å². The first kappa shape index (κ1) is 13.9. The van der Waals surface area contributed by atoms with E-state index in [1.165, 1.54) is 10.6 Å². The molecule has 110 valence electrons. The van der Waals surface area contributed by atoms with Gasteiger partial charge < -0.3 is 5.32 Å². The minimum absolute atomic E-state index is 0.265. The van der Waals surface area contributed by atoms with Crippen LogP contribution in [0.2, 0.25) is 5.02 Å². The van der Waals surface area contributed by atoms with Crippen LogP contribution in [0.1, 0.15) is 18.4 Å². The van der Waals surface area contributed by atoms with Gasteiger partial charge in [-0.05, 0) is 36.5 Å². The third-order valence-electron chi connectivity index (χ3n) is 3.53. The van der Waals surface area contributed by atoms with Crippen molar-refractivity contribution in [2.75, 3.05) is 5.32 Å². The summed E-state index contributed by atoms with van der Waals surface area (Å²) in [5, 5.41) is 3.69. The van der Waals surface area contributed by atoms with E-state index >= 15 is 0 Å². The molecule has 1 aliphatic rings. The predicted molar refractivity (Wildman–Crippen MR) is 82.8 cm³/mol. The molecule has 1 aromatic carbocycles. The highest BCUT2D eigenvalue weighted by atomic mass is 35.5. The number of rotatable bonds is 5. The molecule has 0 amide bonds. The smallest absolute Gasteiger partial charge is 0.329 e. The fourth-order valence-electron chi connectivity index (χ4n) is 2.19. The fraction of sp³-hybridized carbons (Fsp3) is 0.333. The maximum absolute atomic E-state index is 12.0. The van der Waals surface area contributed by atoms with Gasteiger partial charge in [0.15, 0.2) is 0 Å². The van der Waals surface area contributed by atoms with E-state index in [1.54, 1.807) is 6.07 Å². The molecule has 1 saturated carbocycles. The zero-order chi connectivity index (χ0) is 14.8. The lowest BCUT2D eigenvalue weighted by Crippen LogP contribution is -2.35. The maximum Gasteiger partial charge on any atom is 0.329 e. The second-order valence-corrected chi connectivity index (χ2v) is 5.80. The van der Waals surface area contributed by atoms with Gasteiger partial charge >= 0.3 is 5.69 Å². The van der Waals surface area contributed by atoms with Crippen LogP contribution >= 0.6 is 11.6 Å². The minimum Gasteiger partial charge on any atom is -0.367 e. The number of nitrogens with zero attached hydrogens (tertiary/aromatic N) is 1. The van der Waals surface area contributed by atoms with Gasteiger partial charge in [0.25, 0.3) is 5.56 Å². The SMILES string of the molecule is O=c1cc(NCc2cccc(Cl)c2)[nH]c(=O)n1CC1CC1. The van der Waals surface area contributed by atoms with Crippen molar-refractivity contribution >= 4 is 17.4 Å². The molecule has 1 heterocycles. The molecule has 1 aliphatic carbocycles. The van der Waals surface area contributed by atoms with Gasteiger partial charge in [0.05, 0.1) is 0 Å². The summed E-state index contributed by atoms with van der Waals surface area (Å²) in [6, 6.07) is 8.84. The maximum atomic E-state index is 12.0. The second kappa shape index (κ2) is 5.77. The molecular weight excluding hydrogens is 290 g/mol. The van der Waals surface area contributed by atoms with E-state index in [0.29, 0.717) is 29.8 Å². The van der Waals surface area contributed by atoms with Crippen LogP contribution < -0.4 is 16.6 Å². The number of anilines is 1. The van der Waals surface area contributed by atoms with Gasteiger partial charge in [-0.15, -0.1) is 0 Å². The predicted octanol–water partition coefficient (Wildman–Crippen LogP) is 2.21. The molecule has 1 aromatic heterocycles. The molecule has 21 heavy (non-hydrogen) atoms. The standard InChI is InChI=1S/C15H16ClN3O2/c16-12-3-1-2-11(6-12)8-17-13-7-14(20)19(15(21)18-13)9-10-4-5-10/h1-3,6-7,10,17H,4-5,8-9H2,(H,18,21). The van der Waals surface area contributed by atoms with Crippen LogP contribution in [0.25, 0.3) is 0 Å². The van der Waals surface area contributed by atoms with Crippen molar-refractivity contribution in [1.82, 2.24) is 9.55 Å². The summed E-state index contributed by atoms with van der Waals surface area (Å²) in [6.07, 6.45) is 2.20. The first-order valence-corrected chi connectivity index (χ1v) is 7.32. The van der Waals surface area contributed by atoms with E-state index in [2.05, 4.69) is 10.3 Å². The normalized spacial score (nSPS) is 14.1. The molecule has 0 bridgehead atoms. The van der Waals surface area contributed by atoms with Crippen molar-refractivity contribution in [3.05, 3.63) is 61.8 Å². The summed E-state index contributed by atoms with van der Waals surface area (Å²) in [6.45, 7) is 1.01. The van der Waals surface area contributed by atoms with E-state index in [4.69, 9.17) is 11.6 Å². The zero-order valence-corrected chi connectivity index (χ0v) is 12.2. The number of hydrogen-bond acceptors (Lipinski definition) is 3. The van der Waals surface area contributed by atoms with Crippen LogP contribution in [0.15, 0.2) is 39.9 Å². The topological polar surface area (TPSA) is 66.9 Å². The van der Waals surface area contributed by atoms with E-state index < -0.39 is 0 Å². The molecule has 6 heteroatoms. The molecular formula is C15H16ClN3O2. The minimum atomic E-state index is -0.358. The number of halogens is 1. The molecule has 0 radical (unpaired) electrons. The molecule has 2 N–H and O–H groups in total. The highest BCUT2D eigenvalue weighted by molar-refractivity contribution is 6.30. The van der Waals surface area contributed by atoms with Crippen molar-refractivity contribution in [3.8, 4) is 0 Å². The average molecular weight is 306 g/mol. The van der Waals surface area contributed by atoms with Gasteiger partial charge in [-0.1, -0.05) is 23.7 Å². The third-order valence-corrected chi connectivity index (χ3v) is 3.77. The van der Waals surface area contributed by atoms with Crippen molar-refractivity contribution in [3.63, 3.8) is 0 Å². The number of benzene rings is 1. The Bertz CT molecular complexity index is 731. The number of aromatic nitrogens is 2. The van der Waals surface area contributed by atoms with Crippen molar-refractivity contribution in [1.29, 1.82) is 0 Å². The summed E-state index contributed by atoms with van der Waals surface area (Å²) in [4.78, 5) is 26.6. The Labute approximate surface area is 126 Å². The largest absolute Gasteiger partial charge is 0.367 e. The van der Waals surface area contributed by atoms with Crippen LogP contribution in [0, 0.1) is 5.92 Å². The van der Waals surface area contributed by atoms with E-state index in [0.717, 1.165) is 18.4 Å². The highest BCUT2D eigenvalue weighted by Crippen LogP contribution is 2.29. The van der Waals surface area contributed by atoms with Gasteiger partial charge in [0, 0.05) is 24.2 Å². The monoisotopic (exact) mass is 305 g/mol. The highest BCUT2D eigenvalue weighted by Gasteiger charge is 2.23. The van der Waals surface area contributed by atoms with Crippen molar-refractivity contribution in [2.24, 2.45) is 5.92 Å². The quantitative estimate of drug-likeness (QED) is 0.890. The third kappa shape index (κ3) is 3.55. The lowest BCUT2D eigenvalue weighted by atomic mass is 10.2. The fourth-order valence-corrected chi connectivity index (χ4v) is 2.40. The Kier molecular flexibility index (Phi) is 3.84. The molecule has 5 nitrogen and oxygen atoms in total. The molecule has 0 spiro atoms. The van der Waals surface area contributed by atoms with Crippen molar-refractivity contribution in [2.45, 2.75) is 25.9 Å². The van der Waals surface area contributed by atoms with E-state index in [1.807, 2.05) is 18.2 Å². The van der Waals surface area contributed by atoms with Crippen LogP contribution in [0.4, 0.5) is 5.82 Å². The zero-order valence-electron chi connectivity index (χ0n) is 11.4. The molecule has 2 aromatic rings. The van der Waals surface area contributed by atoms with Gasteiger partial charge in [-0.2, -0.15) is 0 Å². The summed E-state index contributed by atoms with van der Waals surface area (Å²) >= 11 is 5.91. The summed E-state index contributed by atoms with van der Waals surface area (Å²) in [5.74, 6) is 0.908. The second-order valence-electron chi connectivity index (χ2n) is 5.36. The van der Waals surface area contributed by atoms with Gasteiger partial charge in [0.1, 0.15) is 5.82 Å². The van der Waals surface area contributed by atoms with Crippen LogP contribution in [0.3, 0.4) is 0 Å². The molecule has 0 atom stereocenters. The number of aromatic amines is 1. The molecule has 3 rings (SSSR count). The first-order chi connectivity index (χ1) is 10.1. The molecule has 1 fully saturated rings. The number of nitrogens with one attached hydrogen (secondary N) is 2. The lowest BCUT2D eigenvalue weighted by Gasteiger charge is -2.08. The Balaban J connectivity index is 1.74. The van der Waals surface area contributed by atoms with Gasteiger partial charge in [0.2, 0.25) is 0 Å². The Morgan fingerprint density at radius 3 is 2.76 bits per heavy atom. The first-order valence-electron chi connectivity index (χ1n) is 6.94. The summed E-state index contributed by atoms with van der Waals surface area (Å²) in [5.41, 5.74) is 0.354. The van der Waals surface area contributed by atoms with E-state index in [-0.39, 0.29) is 11.2 Å². The summed E-state index contributed by atoms with van der Waals surface area (Å²) in [7, 11) is 0. The molecule has 0 aliphatic heterocycles. The van der Waals surface area contributed by atoms with Crippen LogP contribution in [-0.4, -0.2) is 9.55 Å². The Morgan fingerprint density at radius 1 is 1.29 bits per heavy atom. The number of H-pyrrole nitrogens is 1. The van der Waals surface area contributed by atoms with Gasteiger partial charge in [-0.3, -0.25) is 14.3 Å². The van der Waals surface area contributed by atoms with Crippen LogP contribution in [0.5, 0.6) is 0 Å². The summed E-state index contributed by atoms with van der Waals surface area (Å²) < 4.78 is 1.27. The Morgan fingerprint density at radius 2 is 2.10 bits per heavy atom. The molecule has 0 saturated heterocycles. The average Bonchev–Trinajstić information content (AvgIpc) is 3.25. The van der Waals surface area contributed by atoms with Gasteiger partial charge in [-0.25, -0.2) is 4.79 Å². The lowest BCUT2D eigenvalue weighted by molar-refractivity contribution is 0.576. The van der Waals surface area contributed by atoms with Crippen molar-refractivity contribution < 1.29 is 0 Å². The molecule has 0 unspecified atom stereocenters. The Hall–Kier alpha value is -2.01.